The normalized spacial score (nSPS) is 13.9. The van der Waals surface area contributed by atoms with Gasteiger partial charge in [0.05, 0.1) is 39.9 Å². The fourth-order valence-corrected chi connectivity index (χ4v) is 10.6. The second-order valence-corrected chi connectivity index (χ2v) is 24.9. The zero-order chi connectivity index (χ0) is 53.5. The number of phosphoric acid groups is 1. The molecule has 73 heavy (non-hydrogen) atoms. The maximum Gasteiger partial charge on any atom is 0.268 e. The summed E-state index contributed by atoms with van der Waals surface area (Å²) in [5, 5.41) is 13.8. The topological polar surface area (TPSA) is 108 Å². The first-order valence-corrected chi connectivity index (χ1v) is 33.7. The lowest BCUT2D eigenvalue weighted by Crippen LogP contribution is -2.45. The van der Waals surface area contributed by atoms with E-state index in [4.69, 9.17) is 9.05 Å². The van der Waals surface area contributed by atoms with E-state index in [-0.39, 0.29) is 19.1 Å². The predicted octanol–water partition coefficient (Wildman–Crippen LogP) is 19.3. The molecule has 0 aromatic heterocycles. The molecule has 0 aromatic rings. The fourth-order valence-electron chi connectivity index (χ4n) is 9.88. The van der Waals surface area contributed by atoms with Crippen LogP contribution >= 0.6 is 7.82 Å². The molecule has 0 bridgehead atoms. The molecule has 1 amide bonds. The number of nitrogens with zero attached hydrogens (tertiary/aromatic N) is 1. The summed E-state index contributed by atoms with van der Waals surface area (Å²) in [7, 11) is 1.26. The molecule has 8 nitrogen and oxygen atoms in total. The second-order valence-electron chi connectivity index (χ2n) is 23.5. The predicted molar refractivity (Wildman–Crippen MR) is 316 cm³/mol. The highest BCUT2D eigenvalue weighted by Gasteiger charge is 2.23. The van der Waals surface area contributed by atoms with Crippen molar-refractivity contribution in [3.05, 3.63) is 24.3 Å². The van der Waals surface area contributed by atoms with Crippen molar-refractivity contribution in [1.82, 2.24) is 5.32 Å². The second kappa shape index (κ2) is 55.7. The monoisotopic (exact) mass is 1050 g/mol. The zero-order valence-corrected chi connectivity index (χ0v) is 50.5. The lowest BCUT2D eigenvalue weighted by Gasteiger charge is -2.29. The maximum atomic E-state index is 12.9. The minimum atomic E-state index is -4.60. The molecule has 0 aliphatic rings. The van der Waals surface area contributed by atoms with Gasteiger partial charge >= 0.3 is 0 Å². The number of aliphatic hydroxyl groups is 1. The molecule has 0 aromatic carbocycles. The number of nitrogens with one attached hydrogen (secondary N) is 1. The Morgan fingerprint density at radius 3 is 1.11 bits per heavy atom. The van der Waals surface area contributed by atoms with E-state index in [1.165, 1.54) is 270 Å². The SMILES string of the molecule is CCCCCCCCC/C=C/CC/C=C/C(O)C(COP(=O)([O-])OCC[N+](C)(C)C)NC(=O)CCCCCCCCCCCCCCCCCCCCCCCCCCCCCCCCCCCCCCCC. The Kier molecular flexibility index (Phi) is 54.9. The molecule has 0 spiro atoms. The van der Waals surface area contributed by atoms with Crippen molar-refractivity contribution in [3.8, 4) is 0 Å². The number of phosphoric ester groups is 1. The van der Waals surface area contributed by atoms with Gasteiger partial charge in [0.2, 0.25) is 5.91 Å². The van der Waals surface area contributed by atoms with Crippen LogP contribution in [0.3, 0.4) is 0 Å². The highest BCUT2D eigenvalue weighted by molar-refractivity contribution is 7.45. The molecule has 0 aliphatic carbocycles. The zero-order valence-electron chi connectivity index (χ0n) is 49.6. The van der Waals surface area contributed by atoms with Gasteiger partial charge in [0.15, 0.2) is 0 Å². The molecule has 0 heterocycles. The summed E-state index contributed by atoms with van der Waals surface area (Å²) < 4.78 is 23.3. The minimum Gasteiger partial charge on any atom is -0.756 e. The van der Waals surface area contributed by atoms with Crippen LogP contribution < -0.4 is 10.2 Å². The average Bonchev–Trinajstić information content (AvgIpc) is 3.35. The van der Waals surface area contributed by atoms with Gasteiger partial charge in [-0.3, -0.25) is 9.36 Å². The molecule has 0 radical (unpaired) electrons. The Bertz CT molecular complexity index is 1240. The third kappa shape index (κ3) is 58.5. The van der Waals surface area contributed by atoms with Gasteiger partial charge in [0.1, 0.15) is 13.2 Å². The van der Waals surface area contributed by atoms with E-state index in [2.05, 4.69) is 31.3 Å². The highest BCUT2D eigenvalue weighted by atomic mass is 31.2. The Labute approximate surface area is 455 Å². The number of aliphatic hydroxyl groups excluding tert-OH is 1. The number of hydrogen-bond donors (Lipinski definition) is 2. The molecule has 0 aliphatic heterocycles. The molecule has 0 fully saturated rings. The largest absolute Gasteiger partial charge is 0.756 e. The summed E-state index contributed by atoms with van der Waals surface area (Å²) in [6.45, 7) is 4.65. The van der Waals surface area contributed by atoms with E-state index < -0.39 is 20.0 Å². The Hall–Kier alpha value is -1.02. The first-order valence-electron chi connectivity index (χ1n) is 32.2. The summed E-state index contributed by atoms with van der Waals surface area (Å²) in [5.41, 5.74) is 0. The standard InChI is InChI=1S/C64H127N2O6P/c1-6-8-10-12-14-16-18-20-21-22-23-24-25-26-27-28-29-30-31-32-33-34-35-36-37-38-39-40-41-42-43-44-46-48-50-52-54-56-58-64(68)65-62(61-72-73(69,70)71-60-59-66(3,4)5)63(67)57-55-53-51-49-47-45-19-17-15-13-11-9-7-2/h47,49,55,57,62-63,67H,6-46,48,50-54,56,58-61H2,1-5H3,(H-,65,68,69,70)/b49-47+,57-55+. The number of amides is 1. The van der Waals surface area contributed by atoms with Crippen molar-refractivity contribution in [2.45, 2.75) is 341 Å². The van der Waals surface area contributed by atoms with Crippen LogP contribution in [-0.4, -0.2) is 68.5 Å². The van der Waals surface area contributed by atoms with E-state index in [0.717, 1.165) is 38.5 Å². The smallest absolute Gasteiger partial charge is 0.268 e. The van der Waals surface area contributed by atoms with E-state index in [9.17, 15) is 19.4 Å². The van der Waals surface area contributed by atoms with Crippen molar-refractivity contribution in [2.75, 3.05) is 40.9 Å². The molecule has 2 N–H and O–H groups in total. The molecule has 0 rings (SSSR count). The fraction of sp³-hybridized carbons (Fsp3) is 0.922. The number of carbonyl (C=O) groups is 1. The minimum absolute atomic E-state index is 0.00395. The number of quaternary nitrogens is 1. The number of unbranched alkanes of at least 4 members (excludes halogenated alkanes) is 45. The van der Waals surface area contributed by atoms with Crippen LogP contribution in [0.2, 0.25) is 0 Å². The highest BCUT2D eigenvalue weighted by Crippen LogP contribution is 2.38. The summed E-state index contributed by atoms with van der Waals surface area (Å²) in [4.78, 5) is 25.5. The van der Waals surface area contributed by atoms with Crippen molar-refractivity contribution >= 4 is 13.7 Å². The summed E-state index contributed by atoms with van der Waals surface area (Å²) in [6.07, 6.45) is 71.7. The van der Waals surface area contributed by atoms with Crippen LogP contribution in [0, 0.1) is 0 Å². The van der Waals surface area contributed by atoms with Gasteiger partial charge in [-0.05, 0) is 32.1 Å². The number of hydrogen-bond acceptors (Lipinski definition) is 6. The van der Waals surface area contributed by atoms with Crippen molar-refractivity contribution in [2.24, 2.45) is 0 Å². The van der Waals surface area contributed by atoms with Gasteiger partial charge in [-0.1, -0.05) is 314 Å². The Morgan fingerprint density at radius 2 is 0.767 bits per heavy atom. The van der Waals surface area contributed by atoms with E-state index in [0.29, 0.717) is 17.4 Å². The van der Waals surface area contributed by atoms with Gasteiger partial charge < -0.3 is 28.8 Å². The van der Waals surface area contributed by atoms with E-state index in [1.54, 1.807) is 6.08 Å². The molecular formula is C64H127N2O6P. The van der Waals surface area contributed by atoms with Crippen LogP contribution in [0.15, 0.2) is 24.3 Å². The lowest BCUT2D eigenvalue weighted by molar-refractivity contribution is -0.870. The molecule has 434 valence electrons. The van der Waals surface area contributed by atoms with Crippen molar-refractivity contribution in [3.63, 3.8) is 0 Å². The molecule has 0 saturated carbocycles. The third-order valence-corrected chi connectivity index (χ3v) is 15.9. The van der Waals surface area contributed by atoms with Crippen molar-refractivity contribution < 1.29 is 32.9 Å². The molecule has 9 heteroatoms. The average molecular weight is 1050 g/mol. The van der Waals surface area contributed by atoms with Crippen molar-refractivity contribution in [1.29, 1.82) is 0 Å². The number of likely N-dealkylation sites (N-methyl/N-ethyl adjacent to an activating group) is 1. The van der Waals surface area contributed by atoms with Gasteiger partial charge in [0, 0.05) is 6.42 Å². The Morgan fingerprint density at radius 1 is 0.466 bits per heavy atom. The van der Waals surface area contributed by atoms with Crippen LogP contribution in [-0.2, 0) is 18.4 Å². The summed E-state index contributed by atoms with van der Waals surface area (Å²) >= 11 is 0. The first kappa shape index (κ1) is 72.0. The summed E-state index contributed by atoms with van der Waals surface area (Å²) in [5.74, 6) is -0.201. The van der Waals surface area contributed by atoms with Crippen LogP contribution in [0.25, 0.3) is 0 Å². The van der Waals surface area contributed by atoms with Gasteiger partial charge in [-0.2, -0.15) is 0 Å². The lowest BCUT2D eigenvalue weighted by atomic mass is 10.0. The van der Waals surface area contributed by atoms with Gasteiger partial charge in [0.25, 0.3) is 7.82 Å². The number of allylic oxidation sites excluding steroid dienone is 3. The molecular weight excluding hydrogens is 924 g/mol. The molecule has 3 unspecified atom stereocenters. The van der Waals surface area contributed by atoms with Gasteiger partial charge in [-0.25, -0.2) is 0 Å². The van der Waals surface area contributed by atoms with E-state index >= 15 is 0 Å². The van der Waals surface area contributed by atoms with Crippen LogP contribution in [0.1, 0.15) is 328 Å². The van der Waals surface area contributed by atoms with Crippen LogP contribution in [0.4, 0.5) is 0 Å². The quantitative estimate of drug-likeness (QED) is 0.0272. The number of rotatable bonds is 60. The summed E-state index contributed by atoms with van der Waals surface area (Å²) in [6, 6.07) is -0.899. The van der Waals surface area contributed by atoms with Gasteiger partial charge in [-0.15, -0.1) is 0 Å². The number of carbonyl (C=O) groups excluding carboxylic acids is 1. The first-order chi connectivity index (χ1) is 35.5. The maximum absolute atomic E-state index is 12.9. The van der Waals surface area contributed by atoms with Crippen LogP contribution in [0.5, 0.6) is 0 Å². The van der Waals surface area contributed by atoms with E-state index in [1.807, 2.05) is 27.2 Å². The molecule has 0 saturated heterocycles. The Balaban J connectivity index is 3.86. The third-order valence-electron chi connectivity index (χ3n) is 14.9. The molecule has 3 atom stereocenters.